The van der Waals surface area contributed by atoms with E-state index in [1.54, 1.807) is 21.3 Å². The lowest BCUT2D eigenvalue weighted by molar-refractivity contribution is -0.384. The number of hydrogen-bond acceptors (Lipinski definition) is 14. The fraction of sp³-hybridized carbons (Fsp3) is 0.613. The highest BCUT2D eigenvalue weighted by atomic mass is 16.6. The number of nitro groups is 1. The quantitative estimate of drug-likeness (QED) is 0.0535. The summed E-state index contributed by atoms with van der Waals surface area (Å²) in [6.45, 7) is 8.23. The van der Waals surface area contributed by atoms with Gasteiger partial charge in [0.15, 0.2) is 0 Å². The Labute approximate surface area is 270 Å². The lowest BCUT2D eigenvalue weighted by Crippen LogP contribution is -2.31. The maximum Gasteiger partial charge on any atom is 0.269 e. The van der Waals surface area contributed by atoms with E-state index in [1.807, 2.05) is 18.2 Å². The van der Waals surface area contributed by atoms with Crippen LogP contribution in [0.25, 0.3) is 0 Å². The second-order valence-corrected chi connectivity index (χ2v) is 9.48. The van der Waals surface area contributed by atoms with Crippen molar-refractivity contribution in [3.05, 3.63) is 52.6 Å². The predicted octanol–water partition coefficient (Wildman–Crippen LogP) is 4.22. The van der Waals surface area contributed by atoms with Crippen molar-refractivity contribution < 1.29 is 47.6 Å². The lowest BCUT2D eigenvalue weighted by Gasteiger charge is -2.25. The molecule has 2 aromatic rings. The molecule has 0 fully saturated rings. The van der Waals surface area contributed by atoms with Gasteiger partial charge in [-0.25, -0.2) is 0 Å². The van der Waals surface area contributed by atoms with Crippen molar-refractivity contribution in [3.8, 4) is 5.75 Å². The third-order valence-electron chi connectivity index (χ3n) is 6.22. The molecule has 0 saturated carbocycles. The van der Waals surface area contributed by atoms with Gasteiger partial charge in [-0.15, -0.1) is 5.11 Å². The van der Waals surface area contributed by atoms with Gasteiger partial charge in [-0.2, -0.15) is 5.11 Å². The molecule has 0 saturated heterocycles. The summed E-state index contributed by atoms with van der Waals surface area (Å²) in [5.74, 6) is 0.525. The minimum absolute atomic E-state index is 0.0133. The molecule has 258 valence electrons. The van der Waals surface area contributed by atoms with E-state index in [4.69, 9.17) is 42.6 Å². The normalized spacial score (nSPS) is 11.4. The maximum absolute atomic E-state index is 10.9. The molecular weight excluding hydrogens is 604 g/mol. The summed E-state index contributed by atoms with van der Waals surface area (Å²) in [5.41, 5.74) is 1.88. The van der Waals surface area contributed by atoms with Gasteiger partial charge in [-0.1, -0.05) is 0 Å². The Morgan fingerprint density at radius 2 is 1.07 bits per heavy atom. The first-order valence-corrected chi connectivity index (χ1v) is 15.1. The zero-order chi connectivity index (χ0) is 33.1. The predicted molar refractivity (Wildman–Crippen MR) is 171 cm³/mol. The molecule has 0 aliphatic carbocycles. The van der Waals surface area contributed by atoms with Crippen LogP contribution in [0.2, 0.25) is 0 Å². The second-order valence-electron chi connectivity index (χ2n) is 9.48. The van der Waals surface area contributed by atoms with Crippen LogP contribution in [0, 0.1) is 10.1 Å². The van der Waals surface area contributed by atoms with Gasteiger partial charge in [-0.05, 0) is 24.3 Å². The van der Waals surface area contributed by atoms with Gasteiger partial charge in [0.2, 0.25) is 0 Å². The van der Waals surface area contributed by atoms with E-state index in [-0.39, 0.29) is 5.69 Å². The molecule has 0 spiro atoms. The van der Waals surface area contributed by atoms with Crippen LogP contribution in [-0.4, -0.2) is 132 Å². The minimum atomic E-state index is -0.461. The Morgan fingerprint density at radius 1 is 0.609 bits per heavy atom. The van der Waals surface area contributed by atoms with Crippen LogP contribution in [-0.2, 0) is 37.9 Å². The summed E-state index contributed by atoms with van der Waals surface area (Å²) >= 11 is 0. The Balaban J connectivity index is 1.88. The number of benzene rings is 2. The van der Waals surface area contributed by atoms with Crippen LogP contribution in [0.4, 0.5) is 22.7 Å². The lowest BCUT2D eigenvalue weighted by atomic mass is 10.2. The highest BCUT2D eigenvalue weighted by Crippen LogP contribution is 2.33. The second kappa shape index (κ2) is 25.9. The Hall–Kier alpha value is -3.28. The molecule has 0 bridgehead atoms. The largest absolute Gasteiger partial charge is 0.494 e. The van der Waals surface area contributed by atoms with E-state index in [2.05, 4.69) is 15.1 Å². The van der Waals surface area contributed by atoms with Gasteiger partial charge in [0.1, 0.15) is 11.4 Å². The molecule has 0 aromatic heterocycles. The Morgan fingerprint density at radius 3 is 1.50 bits per heavy atom. The van der Waals surface area contributed by atoms with E-state index in [0.717, 1.165) is 5.69 Å². The fourth-order valence-electron chi connectivity index (χ4n) is 3.79. The summed E-state index contributed by atoms with van der Waals surface area (Å²) in [4.78, 5) is 12.6. The zero-order valence-electron chi connectivity index (χ0n) is 27.1. The highest BCUT2D eigenvalue weighted by Gasteiger charge is 2.12. The molecule has 15 heteroatoms. The summed E-state index contributed by atoms with van der Waals surface area (Å²) in [6.07, 6.45) is 0. The Kier molecular flexibility index (Phi) is 21.9. The number of azo groups is 1. The van der Waals surface area contributed by atoms with Crippen LogP contribution in [0.3, 0.4) is 0 Å². The van der Waals surface area contributed by atoms with Gasteiger partial charge < -0.3 is 47.5 Å². The molecule has 2 rings (SSSR count). The van der Waals surface area contributed by atoms with Crippen LogP contribution in [0.5, 0.6) is 5.75 Å². The van der Waals surface area contributed by atoms with Gasteiger partial charge >= 0.3 is 0 Å². The average Bonchev–Trinajstić information content (AvgIpc) is 3.07. The zero-order valence-corrected chi connectivity index (χ0v) is 27.1. The molecule has 15 nitrogen and oxygen atoms in total. The maximum atomic E-state index is 10.9. The standard InChI is InChI=1S/C31H48N4O11/c1-38-14-16-43-22-24-45-20-18-41-12-10-34(11-13-42-19-21-46-25-23-44-17-15-39-2)29-8-9-30(31(26-29)40-3)33-32-27-4-6-28(7-5-27)35(36)37/h4-9,26H,10-25H2,1-3H3. The summed E-state index contributed by atoms with van der Waals surface area (Å²) < 4.78 is 49.0. The smallest absolute Gasteiger partial charge is 0.269 e. The molecule has 0 aliphatic rings. The first-order valence-electron chi connectivity index (χ1n) is 15.1. The van der Waals surface area contributed by atoms with E-state index in [9.17, 15) is 10.1 Å². The van der Waals surface area contributed by atoms with Crippen molar-refractivity contribution in [3.63, 3.8) is 0 Å². The number of nitrogens with zero attached hydrogens (tertiary/aromatic N) is 4. The number of nitro benzene ring substituents is 1. The fourth-order valence-corrected chi connectivity index (χ4v) is 3.79. The van der Waals surface area contributed by atoms with E-state index < -0.39 is 4.92 Å². The van der Waals surface area contributed by atoms with Crippen molar-refractivity contribution in [2.75, 3.05) is 132 Å². The van der Waals surface area contributed by atoms with Crippen molar-refractivity contribution in [2.24, 2.45) is 10.2 Å². The minimum Gasteiger partial charge on any atom is -0.494 e. The summed E-state index contributed by atoms with van der Waals surface area (Å²) in [6, 6.07) is 11.4. The van der Waals surface area contributed by atoms with E-state index in [0.29, 0.717) is 123 Å². The van der Waals surface area contributed by atoms with Crippen molar-refractivity contribution in [1.29, 1.82) is 0 Å². The van der Waals surface area contributed by atoms with Crippen molar-refractivity contribution >= 4 is 22.7 Å². The number of hydrogen-bond donors (Lipinski definition) is 0. The molecule has 46 heavy (non-hydrogen) atoms. The van der Waals surface area contributed by atoms with Gasteiger partial charge in [0.25, 0.3) is 5.69 Å². The van der Waals surface area contributed by atoms with Crippen LogP contribution < -0.4 is 9.64 Å². The third-order valence-corrected chi connectivity index (χ3v) is 6.22. The number of non-ortho nitro benzene ring substituents is 1. The van der Waals surface area contributed by atoms with E-state index >= 15 is 0 Å². The average molecular weight is 653 g/mol. The SMILES string of the molecule is COCCOCCOCCOCCN(CCOCCOCCOCCOC)c1ccc(N=Nc2ccc([N+](=O)[O-])cc2)c(OC)c1. The van der Waals surface area contributed by atoms with E-state index in [1.165, 1.54) is 24.3 Å². The third kappa shape index (κ3) is 17.4. The van der Waals surface area contributed by atoms with Gasteiger partial charge in [0, 0.05) is 51.2 Å². The van der Waals surface area contributed by atoms with Crippen LogP contribution in [0.15, 0.2) is 52.7 Å². The molecule has 0 heterocycles. The number of anilines is 1. The molecule has 0 unspecified atom stereocenters. The molecular formula is C31H48N4O11. The number of rotatable bonds is 29. The molecule has 0 atom stereocenters. The van der Waals surface area contributed by atoms with Gasteiger partial charge in [-0.3, -0.25) is 10.1 Å². The van der Waals surface area contributed by atoms with Crippen molar-refractivity contribution in [1.82, 2.24) is 0 Å². The monoisotopic (exact) mass is 652 g/mol. The summed E-state index contributed by atoms with van der Waals surface area (Å²) in [7, 11) is 4.83. The molecule has 0 N–H and O–H groups in total. The first-order chi connectivity index (χ1) is 22.6. The Bertz CT molecular complexity index is 1070. The summed E-state index contributed by atoms with van der Waals surface area (Å²) in [5, 5.41) is 19.4. The van der Waals surface area contributed by atoms with Crippen LogP contribution in [0.1, 0.15) is 0 Å². The first kappa shape index (κ1) is 38.9. The number of methoxy groups -OCH3 is 3. The number of ether oxygens (including phenoxy) is 9. The molecule has 0 radical (unpaired) electrons. The molecule has 0 aliphatic heterocycles. The van der Waals surface area contributed by atoms with Crippen LogP contribution >= 0.6 is 0 Å². The highest BCUT2D eigenvalue weighted by molar-refractivity contribution is 5.62. The van der Waals surface area contributed by atoms with Gasteiger partial charge in [0.05, 0.1) is 110 Å². The molecule has 2 aromatic carbocycles. The topological polar surface area (TPSA) is 154 Å². The van der Waals surface area contributed by atoms with Crippen molar-refractivity contribution in [2.45, 2.75) is 0 Å². The molecule has 0 amide bonds.